The van der Waals surface area contributed by atoms with Gasteiger partial charge in [0, 0.05) is 39.1 Å². The Bertz CT molecular complexity index is 535. The fraction of sp³-hybridized carbons (Fsp3) is 0.294. The van der Waals surface area contributed by atoms with E-state index in [0.29, 0.717) is 6.61 Å². The lowest BCUT2D eigenvalue weighted by Crippen LogP contribution is -2.08. The van der Waals surface area contributed by atoms with Crippen molar-refractivity contribution in [2.45, 2.75) is 13.2 Å². The summed E-state index contributed by atoms with van der Waals surface area (Å²) in [5, 5.41) is 3.44. The number of nitrogens with zero attached hydrogens (tertiary/aromatic N) is 1. The molecule has 0 bridgehead atoms. The van der Waals surface area contributed by atoms with Crippen LogP contribution in [0.5, 0.6) is 0 Å². The van der Waals surface area contributed by atoms with Crippen molar-refractivity contribution in [1.82, 2.24) is 0 Å². The number of hydrogen-bond donors (Lipinski definition) is 1. The maximum absolute atomic E-state index is 5.15. The molecule has 2 rings (SSSR count). The number of anilines is 2. The van der Waals surface area contributed by atoms with Crippen molar-refractivity contribution in [2.24, 2.45) is 0 Å². The summed E-state index contributed by atoms with van der Waals surface area (Å²) in [5.41, 5.74) is 4.79. The van der Waals surface area contributed by atoms with Gasteiger partial charge in [-0.2, -0.15) is 0 Å². The molecule has 0 amide bonds. The van der Waals surface area contributed by atoms with E-state index in [0.717, 1.165) is 12.2 Å². The topological polar surface area (TPSA) is 24.5 Å². The van der Waals surface area contributed by atoms with Crippen LogP contribution in [-0.4, -0.2) is 21.2 Å². The molecule has 0 heterocycles. The molecule has 0 spiro atoms. The van der Waals surface area contributed by atoms with Crippen LogP contribution < -0.4 is 10.2 Å². The summed E-state index contributed by atoms with van der Waals surface area (Å²) in [6.45, 7) is 1.47. The van der Waals surface area contributed by atoms with Gasteiger partial charge in [0.2, 0.25) is 0 Å². The second-order valence-corrected chi connectivity index (χ2v) is 5.05. The molecule has 106 valence electrons. The van der Waals surface area contributed by atoms with Gasteiger partial charge in [0.1, 0.15) is 0 Å². The molecule has 0 aromatic heterocycles. The molecule has 20 heavy (non-hydrogen) atoms. The van der Waals surface area contributed by atoms with E-state index in [9.17, 15) is 0 Å². The van der Waals surface area contributed by atoms with Gasteiger partial charge in [-0.15, -0.1) is 0 Å². The summed E-state index contributed by atoms with van der Waals surface area (Å²) in [6.07, 6.45) is 0. The zero-order valence-corrected chi connectivity index (χ0v) is 12.4. The highest BCUT2D eigenvalue weighted by Crippen LogP contribution is 2.15. The van der Waals surface area contributed by atoms with Gasteiger partial charge in [0.15, 0.2) is 0 Å². The number of methoxy groups -OCH3 is 1. The molecule has 3 heteroatoms. The van der Waals surface area contributed by atoms with Gasteiger partial charge >= 0.3 is 0 Å². The Balaban J connectivity index is 1.96. The average Bonchev–Trinajstić information content (AvgIpc) is 2.46. The van der Waals surface area contributed by atoms with Crippen LogP contribution in [0.4, 0.5) is 11.4 Å². The van der Waals surface area contributed by atoms with Gasteiger partial charge in [0.05, 0.1) is 6.61 Å². The van der Waals surface area contributed by atoms with Crippen LogP contribution in [0.25, 0.3) is 0 Å². The van der Waals surface area contributed by atoms with Crippen LogP contribution in [0.15, 0.2) is 48.5 Å². The standard InChI is InChI=1S/C17H22N2O/c1-19(2)17-9-7-14(8-10-17)12-18-16-6-4-5-15(11-16)13-20-3/h4-11,18H,12-13H2,1-3H3. The SMILES string of the molecule is COCc1cccc(NCc2ccc(N(C)C)cc2)c1. The lowest BCUT2D eigenvalue weighted by Gasteiger charge is -2.13. The van der Waals surface area contributed by atoms with Gasteiger partial charge in [-0.25, -0.2) is 0 Å². The summed E-state index contributed by atoms with van der Waals surface area (Å²) >= 11 is 0. The second kappa shape index (κ2) is 6.96. The molecule has 2 aromatic carbocycles. The molecule has 0 saturated carbocycles. The minimum Gasteiger partial charge on any atom is -0.381 e. The van der Waals surface area contributed by atoms with E-state index in [4.69, 9.17) is 4.74 Å². The maximum atomic E-state index is 5.15. The number of rotatable bonds is 6. The predicted octanol–water partition coefficient (Wildman–Crippen LogP) is 3.51. The van der Waals surface area contributed by atoms with Crippen molar-refractivity contribution >= 4 is 11.4 Å². The molecule has 0 unspecified atom stereocenters. The summed E-state index contributed by atoms with van der Waals surface area (Å²) in [5.74, 6) is 0. The Kier molecular flexibility index (Phi) is 5.02. The van der Waals surface area contributed by atoms with Crippen LogP contribution in [-0.2, 0) is 17.9 Å². The number of nitrogens with one attached hydrogen (secondary N) is 1. The molecule has 0 fully saturated rings. The van der Waals surface area contributed by atoms with Gasteiger partial charge in [-0.05, 0) is 35.4 Å². The molecular weight excluding hydrogens is 248 g/mol. The zero-order chi connectivity index (χ0) is 14.4. The van der Waals surface area contributed by atoms with Crippen LogP contribution in [0.1, 0.15) is 11.1 Å². The first kappa shape index (κ1) is 14.4. The highest BCUT2D eigenvalue weighted by Gasteiger charge is 1.98. The summed E-state index contributed by atoms with van der Waals surface area (Å²) < 4.78 is 5.15. The predicted molar refractivity (Wildman–Crippen MR) is 85.3 cm³/mol. The number of benzene rings is 2. The molecule has 1 N–H and O–H groups in total. The fourth-order valence-electron chi connectivity index (χ4n) is 2.05. The lowest BCUT2D eigenvalue weighted by atomic mass is 10.1. The van der Waals surface area contributed by atoms with Crippen LogP contribution in [0.2, 0.25) is 0 Å². The van der Waals surface area contributed by atoms with Crippen molar-refractivity contribution in [2.75, 3.05) is 31.4 Å². The smallest absolute Gasteiger partial charge is 0.0713 e. The average molecular weight is 270 g/mol. The van der Waals surface area contributed by atoms with Gasteiger partial charge in [-0.3, -0.25) is 0 Å². The summed E-state index contributed by atoms with van der Waals surface area (Å²) in [7, 11) is 5.81. The molecule has 3 nitrogen and oxygen atoms in total. The minimum absolute atomic E-state index is 0.646. The zero-order valence-electron chi connectivity index (χ0n) is 12.4. The third-order valence-corrected chi connectivity index (χ3v) is 3.19. The molecule has 0 aliphatic rings. The lowest BCUT2D eigenvalue weighted by molar-refractivity contribution is 0.185. The quantitative estimate of drug-likeness (QED) is 0.869. The van der Waals surface area contributed by atoms with Crippen molar-refractivity contribution < 1.29 is 4.74 Å². The highest BCUT2D eigenvalue weighted by atomic mass is 16.5. The molecule has 0 aliphatic carbocycles. The first-order chi connectivity index (χ1) is 9.69. The van der Waals surface area contributed by atoms with E-state index in [1.807, 2.05) is 6.07 Å². The third-order valence-electron chi connectivity index (χ3n) is 3.19. The van der Waals surface area contributed by atoms with Crippen molar-refractivity contribution in [1.29, 1.82) is 0 Å². The van der Waals surface area contributed by atoms with Crippen molar-refractivity contribution in [3.05, 3.63) is 59.7 Å². The third kappa shape index (κ3) is 4.00. The Labute approximate surface area is 121 Å². The van der Waals surface area contributed by atoms with E-state index in [1.54, 1.807) is 7.11 Å². The number of ether oxygens (including phenoxy) is 1. The summed E-state index contributed by atoms with van der Waals surface area (Å²) in [6, 6.07) is 16.9. The van der Waals surface area contributed by atoms with Gasteiger partial charge in [-0.1, -0.05) is 24.3 Å². The van der Waals surface area contributed by atoms with E-state index in [2.05, 4.69) is 66.8 Å². The fourth-order valence-corrected chi connectivity index (χ4v) is 2.05. The molecule has 0 aliphatic heterocycles. The highest BCUT2D eigenvalue weighted by molar-refractivity contribution is 5.48. The molecule has 0 radical (unpaired) electrons. The van der Waals surface area contributed by atoms with Gasteiger partial charge < -0.3 is 15.0 Å². The van der Waals surface area contributed by atoms with E-state index in [1.165, 1.54) is 16.8 Å². The monoisotopic (exact) mass is 270 g/mol. The molecule has 2 aromatic rings. The molecule has 0 saturated heterocycles. The maximum Gasteiger partial charge on any atom is 0.0713 e. The number of hydrogen-bond acceptors (Lipinski definition) is 3. The Morgan fingerprint density at radius 3 is 2.40 bits per heavy atom. The van der Waals surface area contributed by atoms with Crippen LogP contribution >= 0.6 is 0 Å². The van der Waals surface area contributed by atoms with E-state index < -0.39 is 0 Å². The minimum atomic E-state index is 0.646. The first-order valence-electron chi connectivity index (χ1n) is 6.77. The van der Waals surface area contributed by atoms with Gasteiger partial charge in [0.25, 0.3) is 0 Å². The van der Waals surface area contributed by atoms with E-state index >= 15 is 0 Å². The van der Waals surface area contributed by atoms with E-state index in [-0.39, 0.29) is 0 Å². The molecule has 0 atom stereocenters. The van der Waals surface area contributed by atoms with Crippen LogP contribution in [0.3, 0.4) is 0 Å². The van der Waals surface area contributed by atoms with Crippen LogP contribution in [0, 0.1) is 0 Å². The molecular formula is C17H22N2O. The van der Waals surface area contributed by atoms with Crippen molar-refractivity contribution in [3.8, 4) is 0 Å². The Morgan fingerprint density at radius 1 is 1.00 bits per heavy atom. The Morgan fingerprint density at radius 2 is 1.75 bits per heavy atom. The van der Waals surface area contributed by atoms with Crippen molar-refractivity contribution in [3.63, 3.8) is 0 Å². The normalized spacial score (nSPS) is 10.3. The largest absolute Gasteiger partial charge is 0.381 e. The second-order valence-electron chi connectivity index (χ2n) is 5.05. The summed E-state index contributed by atoms with van der Waals surface area (Å²) in [4.78, 5) is 2.10. The first-order valence-corrected chi connectivity index (χ1v) is 6.77. The Hall–Kier alpha value is -2.00.